The van der Waals surface area contributed by atoms with Crippen molar-refractivity contribution in [1.29, 1.82) is 5.26 Å². The normalized spacial score (nSPS) is 22.3. The minimum atomic E-state index is -0.303. The van der Waals surface area contributed by atoms with Crippen molar-refractivity contribution in [3.05, 3.63) is 47.5 Å². The van der Waals surface area contributed by atoms with E-state index < -0.39 is 0 Å². The SMILES string of the molecule is CCCCC/C=C/[C@H]1CO[C@H](c2ccc(C#N)cc2)OC1. The molecule has 21 heavy (non-hydrogen) atoms. The molecule has 0 amide bonds. The van der Waals surface area contributed by atoms with Crippen molar-refractivity contribution in [2.45, 2.75) is 38.9 Å². The first-order chi connectivity index (χ1) is 10.3. The maximum Gasteiger partial charge on any atom is 0.183 e. The second-order valence-electron chi connectivity index (χ2n) is 5.42. The lowest BCUT2D eigenvalue weighted by atomic mass is 10.1. The smallest absolute Gasteiger partial charge is 0.183 e. The maximum absolute atomic E-state index is 8.79. The summed E-state index contributed by atoms with van der Waals surface area (Å²) >= 11 is 0. The summed E-state index contributed by atoms with van der Waals surface area (Å²) in [4.78, 5) is 0. The predicted octanol–water partition coefficient (Wildman–Crippen LogP) is 4.36. The summed E-state index contributed by atoms with van der Waals surface area (Å²) in [6.45, 7) is 3.60. The molecule has 0 radical (unpaired) electrons. The van der Waals surface area contributed by atoms with Gasteiger partial charge in [-0.3, -0.25) is 0 Å². The molecule has 0 unspecified atom stereocenters. The van der Waals surface area contributed by atoms with Crippen LogP contribution in [-0.4, -0.2) is 13.2 Å². The first-order valence-electron chi connectivity index (χ1n) is 7.73. The van der Waals surface area contributed by atoms with E-state index in [1.54, 1.807) is 12.1 Å². The summed E-state index contributed by atoms with van der Waals surface area (Å²) in [6, 6.07) is 9.48. The first kappa shape index (κ1) is 15.8. The van der Waals surface area contributed by atoms with Crippen molar-refractivity contribution in [3.63, 3.8) is 0 Å². The van der Waals surface area contributed by atoms with Crippen molar-refractivity contribution >= 4 is 0 Å². The number of hydrogen-bond donors (Lipinski definition) is 0. The zero-order chi connectivity index (χ0) is 14.9. The molecular weight excluding hydrogens is 262 g/mol. The van der Waals surface area contributed by atoms with Crippen molar-refractivity contribution in [2.24, 2.45) is 5.92 Å². The third kappa shape index (κ3) is 5.00. The molecule has 0 aliphatic carbocycles. The van der Waals surface area contributed by atoms with E-state index in [2.05, 4.69) is 25.1 Å². The number of benzene rings is 1. The molecule has 0 saturated carbocycles. The van der Waals surface area contributed by atoms with Crippen molar-refractivity contribution in [2.75, 3.05) is 13.2 Å². The molecule has 0 N–H and O–H groups in total. The largest absolute Gasteiger partial charge is 0.348 e. The Morgan fingerprint density at radius 1 is 1.19 bits per heavy atom. The third-order valence-electron chi connectivity index (χ3n) is 3.62. The van der Waals surface area contributed by atoms with Crippen LogP contribution in [0.15, 0.2) is 36.4 Å². The van der Waals surface area contributed by atoms with Gasteiger partial charge < -0.3 is 9.47 Å². The zero-order valence-corrected chi connectivity index (χ0v) is 12.6. The fourth-order valence-corrected chi connectivity index (χ4v) is 2.34. The van der Waals surface area contributed by atoms with Gasteiger partial charge in [-0.05, 0) is 25.0 Å². The lowest BCUT2D eigenvalue weighted by Crippen LogP contribution is -2.25. The van der Waals surface area contributed by atoms with Gasteiger partial charge in [-0.25, -0.2) is 0 Å². The van der Waals surface area contributed by atoms with Crippen LogP contribution in [-0.2, 0) is 9.47 Å². The van der Waals surface area contributed by atoms with E-state index in [9.17, 15) is 0 Å². The second-order valence-corrected chi connectivity index (χ2v) is 5.42. The summed E-state index contributed by atoms with van der Waals surface area (Å²) in [5.41, 5.74) is 1.63. The molecule has 0 bridgehead atoms. The molecule has 1 aromatic rings. The third-order valence-corrected chi connectivity index (χ3v) is 3.62. The Morgan fingerprint density at radius 2 is 1.90 bits per heavy atom. The Morgan fingerprint density at radius 3 is 2.52 bits per heavy atom. The van der Waals surface area contributed by atoms with Gasteiger partial charge in [0.05, 0.1) is 24.8 Å². The van der Waals surface area contributed by atoms with E-state index in [0.717, 1.165) is 12.0 Å². The van der Waals surface area contributed by atoms with Crippen LogP contribution >= 0.6 is 0 Å². The number of hydrogen-bond acceptors (Lipinski definition) is 3. The van der Waals surface area contributed by atoms with Crippen molar-refractivity contribution in [3.8, 4) is 6.07 Å². The zero-order valence-electron chi connectivity index (χ0n) is 12.6. The fourth-order valence-electron chi connectivity index (χ4n) is 2.34. The molecule has 3 heteroatoms. The summed E-state index contributed by atoms with van der Waals surface area (Å²) < 4.78 is 11.5. The van der Waals surface area contributed by atoms with Gasteiger partial charge >= 0.3 is 0 Å². The van der Waals surface area contributed by atoms with E-state index in [1.807, 2.05) is 12.1 Å². The average Bonchev–Trinajstić information content (AvgIpc) is 2.55. The van der Waals surface area contributed by atoms with Crippen LogP contribution in [0.4, 0.5) is 0 Å². The molecule has 1 saturated heterocycles. The van der Waals surface area contributed by atoms with Gasteiger partial charge in [-0.15, -0.1) is 0 Å². The Kier molecular flexibility index (Phi) is 6.46. The van der Waals surface area contributed by atoms with E-state index in [4.69, 9.17) is 14.7 Å². The summed E-state index contributed by atoms with van der Waals surface area (Å²) in [5.74, 6) is 0.348. The molecule has 112 valence electrons. The number of allylic oxidation sites excluding steroid dienone is 1. The lowest BCUT2D eigenvalue weighted by Gasteiger charge is -2.28. The van der Waals surface area contributed by atoms with Crippen LogP contribution in [0.5, 0.6) is 0 Å². The van der Waals surface area contributed by atoms with E-state index in [-0.39, 0.29) is 6.29 Å². The van der Waals surface area contributed by atoms with Crippen molar-refractivity contribution < 1.29 is 9.47 Å². The minimum Gasteiger partial charge on any atom is -0.348 e. The predicted molar refractivity (Wildman–Crippen MR) is 82.6 cm³/mol. The molecule has 1 aliphatic rings. The Bertz CT molecular complexity index is 479. The summed E-state index contributed by atoms with van der Waals surface area (Å²) in [5, 5.41) is 8.79. The highest BCUT2D eigenvalue weighted by Gasteiger charge is 2.21. The van der Waals surface area contributed by atoms with Gasteiger partial charge in [0.25, 0.3) is 0 Å². The maximum atomic E-state index is 8.79. The molecule has 2 rings (SSSR count). The second kappa shape index (κ2) is 8.61. The monoisotopic (exact) mass is 285 g/mol. The summed E-state index contributed by atoms with van der Waals surface area (Å²) in [6.07, 6.45) is 9.11. The van der Waals surface area contributed by atoms with Crippen LogP contribution in [0, 0.1) is 17.2 Å². The number of unbranched alkanes of at least 4 members (excludes halogenated alkanes) is 3. The lowest BCUT2D eigenvalue weighted by molar-refractivity contribution is -0.197. The molecular formula is C18H23NO2. The molecule has 1 aliphatic heterocycles. The van der Waals surface area contributed by atoms with E-state index in [1.165, 1.54) is 19.3 Å². The fraction of sp³-hybridized carbons (Fsp3) is 0.500. The van der Waals surface area contributed by atoms with E-state index in [0.29, 0.717) is 24.7 Å². The first-order valence-corrected chi connectivity index (χ1v) is 7.73. The Hall–Kier alpha value is -1.63. The van der Waals surface area contributed by atoms with Gasteiger partial charge in [0.2, 0.25) is 0 Å². The van der Waals surface area contributed by atoms with Gasteiger partial charge in [-0.2, -0.15) is 5.26 Å². The van der Waals surface area contributed by atoms with Gasteiger partial charge in [-0.1, -0.05) is 44.1 Å². The Balaban J connectivity index is 1.76. The van der Waals surface area contributed by atoms with Crippen LogP contribution in [0.3, 0.4) is 0 Å². The molecule has 1 heterocycles. The highest BCUT2D eigenvalue weighted by Crippen LogP contribution is 2.25. The van der Waals surface area contributed by atoms with Gasteiger partial charge in [0, 0.05) is 11.5 Å². The number of nitriles is 1. The number of rotatable bonds is 6. The van der Waals surface area contributed by atoms with Crippen LogP contribution < -0.4 is 0 Å². The molecule has 0 spiro atoms. The minimum absolute atomic E-state index is 0.303. The molecule has 3 nitrogen and oxygen atoms in total. The van der Waals surface area contributed by atoms with Crippen molar-refractivity contribution in [1.82, 2.24) is 0 Å². The average molecular weight is 285 g/mol. The van der Waals surface area contributed by atoms with Crippen LogP contribution in [0.1, 0.15) is 50.0 Å². The Labute approximate surface area is 127 Å². The van der Waals surface area contributed by atoms with Crippen LogP contribution in [0.2, 0.25) is 0 Å². The molecule has 0 aromatic heterocycles. The van der Waals surface area contributed by atoms with Crippen LogP contribution in [0.25, 0.3) is 0 Å². The molecule has 1 fully saturated rings. The number of nitrogens with zero attached hydrogens (tertiary/aromatic N) is 1. The highest BCUT2D eigenvalue weighted by molar-refractivity contribution is 5.32. The van der Waals surface area contributed by atoms with Gasteiger partial charge in [0.15, 0.2) is 6.29 Å². The molecule has 1 aromatic carbocycles. The van der Waals surface area contributed by atoms with Gasteiger partial charge in [0.1, 0.15) is 0 Å². The van der Waals surface area contributed by atoms with E-state index >= 15 is 0 Å². The highest BCUT2D eigenvalue weighted by atomic mass is 16.7. The quantitative estimate of drug-likeness (QED) is 0.576. The molecule has 0 atom stereocenters. The summed E-state index contributed by atoms with van der Waals surface area (Å²) in [7, 11) is 0. The standard InChI is InChI=1S/C18H23NO2/c1-2-3-4-5-6-7-16-13-20-18(21-14-16)17-10-8-15(12-19)9-11-17/h6-11,16,18H,2-5,13-14H2,1H3/b7-6+/t16-,18-. The topological polar surface area (TPSA) is 42.2 Å². The number of ether oxygens (including phenoxy) is 2.